The molecule has 1 aromatic heterocycles. The molecule has 0 unspecified atom stereocenters. The Morgan fingerprint density at radius 3 is 2.92 bits per heavy atom. The maximum absolute atomic E-state index is 5.59. The highest BCUT2D eigenvalue weighted by molar-refractivity contribution is 7.11. The molecule has 0 saturated carbocycles. The lowest BCUT2D eigenvalue weighted by atomic mass is 10.5. The first-order valence-corrected chi connectivity index (χ1v) is 4.68. The summed E-state index contributed by atoms with van der Waals surface area (Å²) in [6, 6.07) is 0. The predicted octanol–water partition coefficient (Wildman–Crippen LogP) is 1.56. The van der Waals surface area contributed by atoms with Crippen molar-refractivity contribution in [1.29, 1.82) is 0 Å². The minimum Gasteiger partial charge on any atom is -0.487 e. The number of ether oxygens (including phenoxy) is 1. The molecule has 0 atom stereocenters. The summed E-state index contributed by atoms with van der Waals surface area (Å²) in [7, 11) is 0. The number of hydrogen-bond donors (Lipinski definition) is 2. The van der Waals surface area contributed by atoms with Crippen LogP contribution in [-0.4, -0.2) is 17.5 Å². The molecule has 0 aliphatic heterocycles. The van der Waals surface area contributed by atoms with Crippen LogP contribution in [0, 0.1) is 0 Å². The standard InChI is InChI=1S/C7H13N3OS/c1-3-9-7-5(11-4-2)6(8)10-12-7/h9H,3-4H2,1-2H3,(H2,8,10). The molecule has 0 radical (unpaired) electrons. The second-order valence-electron chi connectivity index (χ2n) is 2.19. The van der Waals surface area contributed by atoms with Gasteiger partial charge in [-0.05, 0) is 25.4 Å². The summed E-state index contributed by atoms with van der Waals surface area (Å²) >= 11 is 1.33. The van der Waals surface area contributed by atoms with Crippen LogP contribution >= 0.6 is 11.5 Å². The number of nitrogens with two attached hydrogens (primary N) is 1. The van der Waals surface area contributed by atoms with Gasteiger partial charge in [0.2, 0.25) is 0 Å². The summed E-state index contributed by atoms with van der Waals surface area (Å²) in [5, 5.41) is 4.05. The first kappa shape index (κ1) is 9.12. The van der Waals surface area contributed by atoms with Gasteiger partial charge in [0.1, 0.15) is 0 Å². The number of nitrogens with zero attached hydrogens (tertiary/aromatic N) is 1. The molecule has 0 saturated heterocycles. The third-order valence-electron chi connectivity index (χ3n) is 1.30. The van der Waals surface area contributed by atoms with Gasteiger partial charge in [0, 0.05) is 6.54 Å². The highest BCUT2D eigenvalue weighted by atomic mass is 32.1. The number of rotatable bonds is 4. The summed E-state index contributed by atoms with van der Waals surface area (Å²) in [6.07, 6.45) is 0. The summed E-state index contributed by atoms with van der Waals surface area (Å²) in [4.78, 5) is 0. The van der Waals surface area contributed by atoms with Gasteiger partial charge in [-0.2, -0.15) is 4.37 Å². The highest BCUT2D eigenvalue weighted by Gasteiger charge is 2.10. The number of aromatic nitrogens is 1. The van der Waals surface area contributed by atoms with E-state index < -0.39 is 0 Å². The van der Waals surface area contributed by atoms with Crippen LogP contribution in [0.1, 0.15) is 13.8 Å². The Labute approximate surface area is 75.9 Å². The average Bonchev–Trinajstić information content (AvgIpc) is 2.37. The van der Waals surface area contributed by atoms with Crippen LogP contribution in [-0.2, 0) is 0 Å². The Morgan fingerprint density at radius 2 is 2.33 bits per heavy atom. The molecule has 3 N–H and O–H groups in total. The van der Waals surface area contributed by atoms with E-state index in [4.69, 9.17) is 10.5 Å². The molecule has 4 nitrogen and oxygen atoms in total. The van der Waals surface area contributed by atoms with Crippen molar-refractivity contribution in [3.8, 4) is 5.75 Å². The minimum atomic E-state index is 0.470. The van der Waals surface area contributed by atoms with Crippen LogP contribution in [0.4, 0.5) is 10.8 Å². The lowest BCUT2D eigenvalue weighted by Gasteiger charge is -2.04. The van der Waals surface area contributed by atoms with Gasteiger partial charge in [-0.3, -0.25) is 0 Å². The molecule has 0 bridgehead atoms. The first-order chi connectivity index (χ1) is 5.79. The van der Waals surface area contributed by atoms with Crippen LogP contribution in [0.25, 0.3) is 0 Å². The zero-order chi connectivity index (χ0) is 8.97. The van der Waals surface area contributed by atoms with Crippen molar-refractivity contribution in [2.24, 2.45) is 0 Å². The van der Waals surface area contributed by atoms with Crippen molar-refractivity contribution in [2.45, 2.75) is 13.8 Å². The second-order valence-corrected chi connectivity index (χ2v) is 2.96. The summed E-state index contributed by atoms with van der Waals surface area (Å²) in [5.41, 5.74) is 5.59. The molecular weight excluding hydrogens is 174 g/mol. The third kappa shape index (κ3) is 1.79. The van der Waals surface area contributed by atoms with Crippen molar-refractivity contribution in [1.82, 2.24) is 4.37 Å². The molecule has 12 heavy (non-hydrogen) atoms. The van der Waals surface area contributed by atoms with E-state index in [0.29, 0.717) is 18.2 Å². The molecule has 0 aromatic carbocycles. The molecule has 0 fully saturated rings. The fourth-order valence-corrected chi connectivity index (χ4v) is 1.58. The quantitative estimate of drug-likeness (QED) is 0.751. The predicted molar refractivity (Wildman–Crippen MR) is 51.9 cm³/mol. The fraction of sp³-hybridized carbons (Fsp3) is 0.571. The molecule has 0 spiro atoms. The van der Waals surface area contributed by atoms with Crippen LogP contribution in [0.15, 0.2) is 0 Å². The van der Waals surface area contributed by atoms with E-state index >= 15 is 0 Å². The smallest absolute Gasteiger partial charge is 0.197 e. The molecule has 68 valence electrons. The number of hydrogen-bond acceptors (Lipinski definition) is 5. The zero-order valence-corrected chi connectivity index (χ0v) is 8.07. The van der Waals surface area contributed by atoms with E-state index in [2.05, 4.69) is 9.69 Å². The van der Waals surface area contributed by atoms with E-state index in [-0.39, 0.29) is 0 Å². The van der Waals surface area contributed by atoms with Crippen LogP contribution in [0.5, 0.6) is 5.75 Å². The lowest BCUT2D eigenvalue weighted by molar-refractivity contribution is 0.344. The molecule has 0 aliphatic carbocycles. The molecule has 1 aromatic rings. The second kappa shape index (κ2) is 4.15. The summed E-state index contributed by atoms with van der Waals surface area (Å²) in [5.74, 6) is 1.15. The molecule has 0 aliphatic rings. The van der Waals surface area contributed by atoms with Gasteiger partial charge in [-0.1, -0.05) is 0 Å². The first-order valence-electron chi connectivity index (χ1n) is 3.91. The van der Waals surface area contributed by atoms with Gasteiger partial charge >= 0.3 is 0 Å². The summed E-state index contributed by atoms with van der Waals surface area (Å²) < 4.78 is 9.31. The van der Waals surface area contributed by atoms with Crippen molar-refractivity contribution in [3.05, 3.63) is 0 Å². The number of nitrogens with one attached hydrogen (secondary N) is 1. The van der Waals surface area contributed by atoms with Crippen molar-refractivity contribution < 1.29 is 4.74 Å². The molecule has 0 amide bonds. The van der Waals surface area contributed by atoms with E-state index in [9.17, 15) is 0 Å². The minimum absolute atomic E-state index is 0.470. The van der Waals surface area contributed by atoms with Crippen molar-refractivity contribution in [2.75, 3.05) is 24.2 Å². The fourth-order valence-electron chi connectivity index (χ4n) is 0.851. The topological polar surface area (TPSA) is 60.2 Å². The Kier molecular flexibility index (Phi) is 3.16. The Bertz CT molecular complexity index is 249. The third-order valence-corrected chi connectivity index (χ3v) is 2.10. The molecule has 1 rings (SSSR count). The molecule has 5 heteroatoms. The Hall–Kier alpha value is -0.970. The van der Waals surface area contributed by atoms with E-state index in [1.165, 1.54) is 11.5 Å². The Morgan fingerprint density at radius 1 is 1.58 bits per heavy atom. The normalized spacial score (nSPS) is 9.83. The van der Waals surface area contributed by atoms with Crippen LogP contribution < -0.4 is 15.8 Å². The number of nitrogen functional groups attached to an aromatic ring is 1. The van der Waals surface area contributed by atoms with Crippen molar-refractivity contribution >= 4 is 22.4 Å². The molecule has 1 heterocycles. The Balaban J connectivity index is 2.80. The largest absolute Gasteiger partial charge is 0.487 e. The van der Waals surface area contributed by atoms with E-state index in [1.807, 2.05) is 13.8 Å². The number of anilines is 2. The SMILES string of the molecule is CCNc1snc(N)c1OCC. The maximum Gasteiger partial charge on any atom is 0.197 e. The summed E-state index contributed by atoms with van der Waals surface area (Å²) in [6.45, 7) is 5.40. The maximum atomic E-state index is 5.59. The van der Waals surface area contributed by atoms with Gasteiger partial charge < -0.3 is 15.8 Å². The van der Waals surface area contributed by atoms with Gasteiger partial charge in [-0.25, -0.2) is 0 Å². The van der Waals surface area contributed by atoms with E-state index in [0.717, 1.165) is 11.5 Å². The van der Waals surface area contributed by atoms with Crippen LogP contribution in [0.3, 0.4) is 0 Å². The van der Waals surface area contributed by atoms with Crippen molar-refractivity contribution in [3.63, 3.8) is 0 Å². The van der Waals surface area contributed by atoms with Gasteiger partial charge in [0.05, 0.1) is 6.61 Å². The van der Waals surface area contributed by atoms with Crippen LogP contribution in [0.2, 0.25) is 0 Å². The van der Waals surface area contributed by atoms with Gasteiger partial charge in [-0.15, -0.1) is 0 Å². The van der Waals surface area contributed by atoms with E-state index in [1.54, 1.807) is 0 Å². The van der Waals surface area contributed by atoms with Gasteiger partial charge in [0.25, 0.3) is 0 Å². The monoisotopic (exact) mass is 187 g/mol. The highest BCUT2D eigenvalue weighted by Crippen LogP contribution is 2.34. The molecular formula is C7H13N3OS. The lowest BCUT2D eigenvalue weighted by Crippen LogP contribution is -2.00. The van der Waals surface area contributed by atoms with Gasteiger partial charge in [0.15, 0.2) is 16.6 Å². The average molecular weight is 187 g/mol. The zero-order valence-electron chi connectivity index (χ0n) is 7.26.